The fourth-order valence-electron chi connectivity index (χ4n) is 2.45. The molecule has 0 aliphatic carbocycles. The third-order valence-electron chi connectivity index (χ3n) is 3.38. The summed E-state index contributed by atoms with van der Waals surface area (Å²) in [5, 5.41) is 18.4. The number of carboxylic acid groups (broad SMARTS) is 1. The van der Waals surface area contributed by atoms with E-state index < -0.39 is 24.0 Å². The summed E-state index contributed by atoms with van der Waals surface area (Å²) in [5.41, 5.74) is 0. The van der Waals surface area contributed by atoms with Crippen LogP contribution in [0.4, 0.5) is 0 Å². The van der Waals surface area contributed by atoms with Gasteiger partial charge < -0.3 is 20.0 Å². The molecule has 2 atom stereocenters. The maximum Gasteiger partial charge on any atom is 0.326 e. The van der Waals surface area contributed by atoms with Gasteiger partial charge in [-0.3, -0.25) is 9.59 Å². The Hall–Kier alpha value is -1.63. The standard InChI is InChI=1S/C11H16N2O5/c14-7-4-8(11(17)18)13(5-7)10(16)6-12-3-1-2-9(12)15/h7-8,14H,1-6H2,(H,17,18)/t7-,8+/m1/s1. The Balaban J connectivity index is 1.99. The van der Waals surface area contributed by atoms with Gasteiger partial charge in [-0.15, -0.1) is 0 Å². The van der Waals surface area contributed by atoms with Crippen molar-refractivity contribution in [1.82, 2.24) is 9.80 Å². The van der Waals surface area contributed by atoms with E-state index >= 15 is 0 Å². The molecule has 2 aliphatic heterocycles. The molecule has 0 bridgehead atoms. The van der Waals surface area contributed by atoms with Gasteiger partial charge in [0.2, 0.25) is 11.8 Å². The van der Waals surface area contributed by atoms with Crippen molar-refractivity contribution in [2.24, 2.45) is 0 Å². The highest BCUT2D eigenvalue weighted by Crippen LogP contribution is 2.19. The van der Waals surface area contributed by atoms with Crippen LogP contribution < -0.4 is 0 Å². The third kappa shape index (κ3) is 2.45. The molecule has 2 heterocycles. The molecule has 0 aromatic carbocycles. The number of aliphatic hydroxyl groups excluding tert-OH is 1. The lowest BCUT2D eigenvalue weighted by Gasteiger charge is -2.24. The first kappa shape index (κ1) is 12.8. The summed E-state index contributed by atoms with van der Waals surface area (Å²) in [6.45, 7) is 0.478. The van der Waals surface area contributed by atoms with Crippen molar-refractivity contribution in [3.8, 4) is 0 Å². The van der Waals surface area contributed by atoms with Gasteiger partial charge in [0.05, 0.1) is 12.6 Å². The monoisotopic (exact) mass is 256 g/mol. The van der Waals surface area contributed by atoms with E-state index in [1.807, 2.05) is 0 Å². The van der Waals surface area contributed by atoms with Crippen molar-refractivity contribution < 1.29 is 24.6 Å². The van der Waals surface area contributed by atoms with Crippen LogP contribution in [-0.4, -0.2) is 69.6 Å². The minimum absolute atomic E-state index is 0.0256. The van der Waals surface area contributed by atoms with Crippen LogP contribution >= 0.6 is 0 Å². The smallest absolute Gasteiger partial charge is 0.326 e. The van der Waals surface area contributed by atoms with Crippen LogP contribution in [0.3, 0.4) is 0 Å². The summed E-state index contributed by atoms with van der Waals surface area (Å²) in [4.78, 5) is 36.9. The summed E-state index contributed by atoms with van der Waals surface area (Å²) in [6.07, 6.45) is 0.425. The third-order valence-corrected chi connectivity index (χ3v) is 3.38. The Morgan fingerprint density at radius 1 is 1.39 bits per heavy atom. The minimum Gasteiger partial charge on any atom is -0.480 e. The fourth-order valence-corrected chi connectivity index (χ4v) is 2.45. The van der Waals surface area contributed by atoms with Gasteiger partial charge in [0, 0.05) is 25.9 Å². The quantitative estimate of drug-likeness (QED) is 0.651. The van der Waals surface area contributed by atoms with Crippen LogP contribution in [-0.2, 0) is 14.4 Å². The second kappa shape index (κ2) is 4.93. The van der Waals surface area contributed by atoms with Crippen LogP contribution in [0.5, 0.6) is 0 Å². The highest BCUT2D eigenvalue weighted by atomic mass is 16.4. The minimum atomic E-state index is -1.12. The molecule has 0 aromatic heterocycles. The SMILES string of the molecule is O=C(O)[C@@H]1C[C@@H](O)CN1C(=O)CN1CCCC1=O. The molecule has 0 radical (unpaired) electrons. The number of rotatable bonds is 3. The zero-order valence-electron chi connectivity index (χ0n) is 9.91. The van der Waals surface area contributed by atoms with E-state index in [1.54, 1.807) is 0 Å². The van der Waals surface area contributed by atoms with Gasteiger partial charge in [-0.05, 0) is 6.42 Å². The molecule has 18 heavy (non-hydrogen) atoms. The second-order valence-electron chi connectivity index (χ2n) is 4.71. The number of hydrogen-bond donors (Lipinski definition) is 2. The first-order valence-corrected chi connectivity index (χ1v) is 5.97. The first-order chi connectivity index (χ1) is 8.49. The van der Waals surface area contributed by atoms with Crippen molar-refractivity contribution in [1.29, 1.82) is 0 Å². The molecular formula is C11H16N2O5. The van der Waals surface area contributed by atoms with Crippen molar-refractivity contribution in [3.63, 3.8) is 0 Å². The molecule has 2 fully saturated rings. The largest absolute Gasteiger partial charge is 0.480 e. The molecule has 2 saturated heterocycles. The van der Waals surface area contributed by atoms with Crippen LogP contribution in [0.15, 0.2) is 0 Å². The lowest BCUT2D eigenvalue weighted by Crippen LogP contribution is -2.46. The van der Waals surface area contributed by atoms with Gasteiger partial charge in [-0.2, -0.15) is 0 Å². The zero-order valence-corrected chi connectivity index (χ0v) is 9.91. The zero-order chi connectivity index (χ0) is 13.3. The second-order valence-corrected chi connectivity index (χ2v) is 4.71. The Kier molecular flexibility index (Phi) is 3.51. The molecule has 0 aromatic rings. The summed E-state index contributed by atoms with van der Waals surface area (Å²) < 4.78 is 0. The van der Waals surface area contributed by atoms with E-state index in [1.165, 1.54) is 4.90 Å². The van der Waals surface area contributed by atoms with Gasteiger partial charge in [0.1, 0.15) is 6.04 Å². The summed E-state index contributed by atoms with van der Waals surface area (Å²) in [6, 6.07) is -0.981. The Bertz CT molecular complexity index is 384. The van der Waals surface area contributed by atoms with Crippen molar-refractivity contribution in [3.05, 3.63) is 0 Å². The molecule has 0 unspecified atom stereocenters. The fraction of sp³-hybridized carbons (Fsp3) is 0.727. The van der Waals surface area contributed by atoms with Crippen LogP contribution in [0.2, 0.25) is 0 Å². The van der Waals surface area contributed by atoms with Crippen LogP contribution in [0, 0.1) is 0 Å². The maximum atomic E-state index is 12.0. The normalized spacial score (nSPS) is 27.9. The summed E-state index contributed by atoms with van der Waals surface area (Å²) >= 11 is 0. The van der Waals surface area contributed by atoms with E-state index in [0.717, 1.165) is 11.3 Å². The highest BCUT2D eigenvalue weighted by molar-refractivity contribution is 5.89. The molecule has 0 saturated carbocycles. The van der Waals surface area contributed by atoms with Crippen LogP contribution in [0.1, 0.15) is 19.3 Å². The number of aliphatic hydroxyl groups is 1. The Labute approximate surface area is 104 Å². The predicted molar refractivity (Wildman–Crippen MR) is 59.6 cm³/mol. The summed E-state index contributed by atoms with van der Waals surface area (Å²) in [5.74, 6) is -1.60. The average Bonchev–Trinajstić information content (AvgIpc) is 2.86. The van der Waals surface area contributed by atoms with Gasteiger partial charge in [-0.1, -0.05) is 0 Å². The predicted octanol–water partition coefficient (Wildman–Crippen LogP) is -1.34. The van der Waals surface area contributed by atoms with E-state index in [0.29, 0.717) is 13.0 Å². The van der Waals surface area contributed by atoms with Gasteiger partial charge in [-0.25, -0.2) is 4.79 Å². The topological polar surface area (TPSA) is 98.2 Å². The van der Waals surface area contributed by atoms with E-state index in [4.69, 9.17) is 5.11 Å². The Morgan fingerprint density at radius 3 is 2.67 bits per heavy atom. The van der Waals surface area contributed by atoms with E-state index in [-0.39, 0.29) is 25.4 Å². The first-order valence-electron chi connectivity index (χ1n) is 5.97. The molecule has 7 heteroatoms. The molecule has 100 valence electrons. The maximum absolute atomic E-state index is 12.0. The van der Waals surface area contributed by atoms with E-state index in [2.05, 4.69) is 0 Å². The summed E-state index contributed by atoms with van der Waals surface area (Å²) in [7, 11) is 0. The van der Waals surface area contributed by atoms with Gasteiger partial charge >= 0.3 is 5.97 Å². The van der Waals surface area contributed by atoms with Crippen LogP contribution in [0.25, 0.3) is 0 Å². The van der Waals surface area contributed by atoms with Crippen molar-refractivity contribution >= 4 is 17.8 Å². The molecular weight excluding hydrogens is 240 g/mol. The molecule has 2 aliphatic rings. The number of likely N-dealkylation sites (tertiary alicyclic amines) is 2. The van der Waals surface area contributed by atoms with E-state index in [9.17, 15) is 19.5 Å². The van der Waals surface area contributed by atoms with Crippen molar-refractivity contribution in [2.75, 3.05) is 19.6 Å². The molecule has 2 N–H and O–H groups in total. The lowest BCUT2D eigenvalue weighted by atomic mass is 10.2. The Morgan fingerprint density at radius 2 is 2.11 bits per heavy atom. The van der Waals surface area contributed by atoms with Crippen molar-refractivity contribution in [2.45, 2.75) is 31.4 Å². The number of carboxylic acids is 1. The average molecular weight is 256 g/mol. The molecule has 2 amide bonds. The molecule has 7 nitrogen and oxygen atoms in total. The number of hydrogen-bond acceptors (Lipinski definition) is 4. The van der Waals surface area contributed by atoms with Gasteiger partial charge in [0.25, 0.3) is 0 Å². The molecule has 2 rings (SSSR count). The number of carbonyl (C=O) groups excluding carboxylic acids is 2. The number of nitrogens with zero attached hydrogens (tertiary/aromatic N) is 2. The van der Waals surface area contributed by atoms with Gasteiger partial charge in [0.15, 0.2) is 0 Å². The number of β-amino-alcohol motifs (C(OH)–C–C–N with tert-alkyl or cyclic N) is 1. The highest BCUT2D eigenvalue weighted by Gasteiger charge is 2.39. The number of amides is 2. The number of aliphatic carboxylic acids is 1. The lowest BCUT2D eigenvalue weighted by molar-refractivity contribution is -0.149. The number of carbonyl (C=O) groups is 3. The molecule has 0 spiro atoms.